The molecule has 0 spiro atoms. The fourth-order valence-electron chi connectivity index (χ4n) is 2.97. The number of hydrogen-bond donors (Lipinski definition) is 1. The van der Waals surface area contributed by atoms with Gasteiger partial charge in [-0.25, -0.2) is 0 Å². The van der Waals surface area contributed by atoms with Crippen molar-refractivity contribution in [1.29, 1.82) is 0 Å². The van der Waals surface area contributed by atoms with Crippen LogP contribution in [0.1, 0.15) is 24.5 Å². The average molecular weight is 277 g/mol. The number of aromatic hydroxyl groups is 1. The van der Waals surface area contributed by atoms with Crippen LogP contribution in [-0.4, -0.2) is 20.1 Å². The second kappa shape index (κ2) is 4.19. The molecule has 1 N–H and O–H groups in total. The van der Waals surface area contributed by atoms with Crippen LogP contribution in [0.3, 0.4) is 0 Å². The predicted octanol–water partition coefficient (Wildman–Crippen LogP) is 3.32. The van der Waals surface area contributed by atoms with Gasteiger partial charge in [0.05, 0.1) is 0 Å². The monoisotopic (exact) mass is 277 g/mol. The van der Waals surface area contributed by atoms with Crippen LogP contribution in [0.2, 0.25) is 0 Å². The van der Waals surface area contributed by atoms with E-state index in [2.05, 4.69) is 23.2 Å². The second-order valence-electron chi connectivity index (χ2n) is 5.63. The highest BCUT2D eigenvalue weighted by Crippen LogP contribution is 2.37. The molecule has 3 aromatic rings. The minimum atomic E-state index is -0.337. The molecule has 0 bridgehead atoms. The number of aromatic nitrogens is 3. The molecule has 0 saturated carbocycles. The Labute approximate surface area is 122 Å². The molecule has 4 rings (SSSR count). The zero-order chi connectivity index (χ0) is 14.4. The van der Waals surface area contributed by atoms with E-state index in [0.717, 1.165) is 28.6 Å². The van der Waals surface area contributed by atoms with Gasteiger partial charge in [-0.1, -0.05) is 30.4 Å². The maximum atomic E-state index is 9.67. The fourth-order valence-corrected chi connectivity index (χ4v) is 2.97. The Bertz CT molecular complexity index is 832. The van der Waals surface area contributed by atoms with E-state index in [4.69, 9.17) is 0 Å². The van der Waals surface area contributed by atoms with E-state index in [1.165, 1.54) is 0 Å². The van der Waals surface area contributed by atoms with Crippen LogP contribution in [0.25, 0.3) is 17.1 Å². The second-order valence-corrected chi connectivity index (χ2v) is 5.63. The fraction of sp³-hybridized carbons (Fsp3) is 0.176. The molecule has 0 amide bonds. The summed E-state index contributed by atoms with van der Waals surface area (Å²) in [4.78, 5) is 1.80. The molecule has 1 aromatic heterocycles. The van der Waals surface area contributed by atoms with Crippen molar-refractivity contribution in [1.82, 2.24) is 15.0 Å². The van der Waals surface area contributed by atoms with E-state index in [-0.39, 0.29) is 11.3 Å². The molecule has 21 heavy (non-hydrogen) atoms. The van der Waals surface area contributed by atoms with Crippen molar-refractivity contribution in [2.24, 2.45) is 0 Å². The molecule has 0 saturated heterocycles. The number of fused-ring (bicyclic) bond motifs is 2. The van der Waals surface area contributed by atoms with E-state index >= 15 is 0 Å². The Morgan fingerprint density at radius 1 is 1.10 bits per heavy atom. The highest BCUT2D eigenvalue weighted by Gasteiger charge is 2.34. The number of nitrogens with zero attached hydrogens (tertiary/aromatic N) is 3. The van der Waals surface area contributed by atoms with Gasteiger partial charge in [-0.15, -0.1) is 0 Å². The molecule has 2 aromatic carbocycles. The summed E-state index contributed by atoms with van der Waals surface area (Å²) in [7, 11) is 0. The molecule has 1 atom stereocenters. The van der Waals surface area contributed by atoms with E-state index in [1.54, 1.807) is 16.9 Å². The van der Waals surface area contributed by atoms with Gasteiger partial charge in [-0.3, -0.25) is 0 Å². The van der Waals surface area contributed by atoms with Crippen LogP contribution in [0, 0.1) is 0 Å². The molecule has 0 aliphatic heterocycles. The summed E-state index contributed by atoms with van der Waals surface area (Å²) in [5.74, 6) is 0.279. The van der Waals surface area contributed by atoms with Gasteiger partial charge in [-0.05, 0) is 48.7 Å². The van der Waals surface area contributed by atoms with Gasteiger partial charge in [0, 0.05) is 0 Å². The van der Waals surface area contributed by atoms with Crippen molar-refractivity contribution in [3.8, 4) is 5.75 Å². The molecule has 4 nitrogen and oxygen atoms in total. The standard InChI is InChI=1S/C17H15N3O/c1-17(20-18-15-6-2-3-7-16(15)19-20)10-4-5-12-11-13(21)8-9-14(12)17/h2-9,11,21H,10H2,1H3. The lowest BCUT2D eigenvalue weighted by atomic mass is 9.82. The Kier molecular flexibility index (Phi) is 2.42. The van der Waals surface area contributed by atoms with Crippen molar-refractivity contribution < 1.29 is 5.11 Å². The third-order valence-electron chi connectivity index (χ3n) is 4.16. The molecular formula is C17H15N3O. The average Bonchev–Trinajstić information content (AvgIpc) is 2.92. The van der Waals surface area contributed by atoms with E-state index in [9.17, 15) is 5.11 Å². The van der Waals surface area contributed by atoms with Crippen LogP contribution < -0.4 is 0 Å². The van der Waals surface area contributed by atoms with Gasteiger partial charge in [-0.2, -0.15) is 15.0 Å². The van der Waals surface area contributed by atoms with Gasteiger partial charge in [0.1, 0.15) is 22.3 Å². The van der Waals surface area contributed by atoms with Crippen molar-refractivity contribution in [2.45, 2.75) is 18.9 Å². The molecule has 1 unspecified atom stereocenters. The largest absolute Gasteiger partial charge is 0.508 e. The maximum Gasteiger partial charge on any atom is 0.116 e. The minimum absolute atomic E-state index is 0.279. The van der Waals surface area contributed by atoms with Crippen molar-refractivity contribution >= 4 is 17.1 Å². The molecule has 4 heteroatoms. The number of benzene rings is 2. The first-order valence-corrected chi connectivity index (χ1v) is 6.99. The quantitative estimate of drug-likeness (QED) is 0.742. The first-order chi connectivity index (χ1) is 10.2. The third kappa shape index (κ3) is 1.76. The summed E-state index contributed by atoms with van der Waals surface area (Å²) in [5.41, 5.74) is 3.60. The molecule has 1 aliphatic rings. The van der Waals surface area contributed by atoms with E-state index < -0.39 is 0 Å². The van der Waals surface area contributed by atoms with Gasteiger partial charge in [0.2, 0.25) is 0 Å². The summed E-state index contributed by atoms with van der Waals surface area (Å²) in [6.07, 6.45) is 4.97. The lowest BCUT2D eigenvalue weighted by Gasteiger charge is -2.32. The first kappa shape index (κ1) is 12.1. The molecule has 0 fully saturated rings. The van der Waals surface area contributed by atoms with Crippen molar-refractivity contribution in [2.75, 3.05) is 0 Å². The number of phenols is 1. The lowest BCUT2D eigenvalue weighted by molar-refractivity contribution is 0.315. The van der Waals surface area contributed by atoms with Crippen LogP contribution in [0.4, 0.5) is 0 Å². The van der Waals surface area contributed by atoms with Gasteiger partial charge in [0.15, 0.2) is 0 Å². The third-order valence-corrected chi connectivity index (χ3v) is 4.16. The van der Waals surface area contributed by atoms with Gasteiger partial charge in [0.25, 0.3) is 0 Å². The maximum absolute atomic E-state index is 9.67. The molecule has 104 valence electrons. The topological polar surface area (TPSA) is 50.9 Å². The van der Waals surface area contributed by atoms with Crippen molar-refractivity contribution in [3.05, 3.63) is 59.7 Å². The normalized spacial score (nSPS) is 20.6. The lowest BCUT2D eigenvalue weighted by Crippen LogP contribution is -2.35. The minimum Gasteiger partial charge on any atom is -0.508 e. The summed E-state index contributed by atoms with van der Waals surface area (Å²) in [6, 6.07) is 13.3. The number of allylic oxidation sites excluding steroid dienone is 1. The number of hydrogen-bond acceptors (Lipinski definition) is 3. The highest BCUT2D eigenvalue weighted by molar-refractivity contribution is 5.73. The Hall–Kier alpha value is -2.62. The molecule has 0 radical (unpaired) electrons. The summed E-state index contributed by atoms with van der Waals surface area (Å²) >= 11 is 0. The van der Waals surface area contributed by atoms with E-state index in [0.29, 0.717) is 0 Å². The molecule has 1 aliphatic carbocycles. The number of phenolic OH excluding ortho intramolecular Hbond substituents is 1. The van der Waals surface area contributed by atoms with Crippen LogP contribution in [0.5, 0.6) is 5.75 Å². The Morgan fingerprint density at radius 3 is 2.52 bits per heavy atom. The SMILES string of the molecule is CC1(n2nc3ccccc3n2)CC=Cc2cc(O)ccc21. The van der Waals surface area contributed by atoms with Crippen LogP contribution in [-0.2, 0) is 5.54 Å². The van der Waals surface area contributed by atoms with Crippen molar-refractivity contribution in [3.63, 3.8) is 0 Å². The Morgan fingerprint density at radius 2 is 1.81 bits per heavy atom. The zero-order valence-corrected chi connectivity index (χ0v) is 11.7. The van der Waals surface area contributed by atoms with Crippen LogP contribution in [0.15, 0.2) is 48.5 Å². The van der Waals surface area contributed by atoms with E-state index in [1.807, 2.05) is 36.4 Å². The molecular weight excluding hydrogens is 262 g/mol. The first-order valence-electron chi connectivity index (χ1n) is 6.99. The summed E-state index contributed by atoms with van der Waals surface area (Å²) < 4.78 is 0. The van der Waals surface area contributed by atoms with Gasteiger partial charge >= 0.3 is 0 Å². The van der Waals surface area contributed by atoms with Gasteiger partial charge < -0.3 is 5.11 Å². The summed E-state index contributed by atoms with van der Waals surface area (Å²) in [6.45, 7) is 2.13. The smallest absolute Gasteiger partial charge is 0.116 e. The highest BCUT2D eigenvalue weighted by atomic mass is 16.3. The number of rotatable bonds is 1. The van der Waals surface area contributed by atoms with Crippen LogP contribution >= 0.6 is 0 Å². The zero-order valence-electron chi connectivity index (χ0n) is 11.7. The Balaban J connectivity index is 1.93. The summed E-state index contributed by atoms with van der Waals surface area (Å²) in [5, 5.41) is 18.9. The predicted molar refractivity (Wildman–Crippen MR) is 82.0 cm³/mol. The molecule has 1 heterocycles.